The van der Waals surface area contributed by atoms with Gasteiger partial charge in [0.25, 0.3) is 5.56 Å². The van der Waals surface area contributed by atoms with E-state index >= 15 is 0 Å². The largest absolute Gasteiger partial charge is 0.493 e. The molecule has 31 heavy (non-hydrogen) atoms. The van der Waals surface area contributed by atoms with Gasteiger partial charge in [-0.05, 0) is 23.8 Å². The number of ether oxygens (including phenoxy) is 2. The highest BCUT2D eigenvalue weighted by molar-refractivity contribution is 7.98. The molecule has 0 saturated heterocycles. The molecule has 1 atom stereocenters. The summed E-state index contributed by atoms with van der Waals surface area (Å²) >= 11 is 1.29. The summed E-state index contributed by atoms with van der Waals surface area (Å²) in [7, 11) is 3.05. The third kappa shape index (κ3) is 4.27. The Hall–Kier alpha value is -3.33. The van der Waals surface area contributed by atoms with Crippen molar-refractivity contribution in [3.63, 3.8) is 0 Å². The molecule has 1 aliphatic rings. The second-order valence-electron chi connectivity index (χ2n) is 6.94. The van der Waals surface area contributed by atoms with Crippen molar-refractivity contribution >= 4 is 23.5 Å². The number of hydrogen-bond donors (Lipinski definition) is 2. The first-order valence-corrected chi connectivity index (χ1v) is 10.5. The van der Waals surface area contributed by atoms with Crippen LogP contribution in [0.2, 0.25) is 0 Å². The fraction of sp³-hybridized carbons (Fsp3) is 0.227. The minimum atomic E-state index is -0.527. The van der Waals surface area contributed by atoms with Gasteiger partial charge in [0.1, 0.15) is 11.6 Å². The molecule has 2 aromatic carbocycles. The highest BCUT2D eigenvalue weighted by Crippen LogP contribution is 2.42. The fourth-order valence-electron chi connectivity index (χ4n) is 3.60. The van der Waals surface area contributed by atoms with Gasteiger partial charge in [0.05, 0.1) is 19.8 Å². The van der Waals surface area contributed by atoms with Crippen LogP contribution in [0.25, 0.3) is 0 Å². The van der Waals surface area contributed by atoms with E-state index in [1.54, 1.807) is 24.3 Å². The number of carbonyl (C=O) groups excluding carboxylic acids is 1. The zero-order chi connectivity index (χ0) is 22.0. The second-order valence-corrected chi connectivity index (χ2v) is 7.90. The lowest BCUT2D eigenvalue weighted by Gasteiger charge is -2.26. The molecule has 0 unspecified atom stereocenters. The van der Waals surface area contributed by atoms with Crippen molar-refractivity contribution in [3.05, 3.63) is 75.3 Å². The zero-order valence-electron chi connectivity index (χ0n) is 16.9. The molecular formula is C22H20FN3O4S. The van der Waals surface area contributed by atoms with Gasteiger partial charge in [0.2, 0.25) is 5.91 Å². The summed E-state index contributed by atoms with van der Waals surface area (Å²) in [6.07, 6.45) is 0.0867. The van der Waals surface area contributed by atoms with Gasteiger partial charge in [-0.2, -0.15) is 0 Å². The zero-order valence-corrected chi connectivity index (χ0v) is 17.7. The second kappa shape index (κ2) is 8.81. The molecule has 0 radical (unpaired) electrons. The monoisotopic (exact) mass is 441 g/mol. The van der Waals surface area contributed by atoms with Crippen molar-refractivity contribution in [2.45, 2.75) is 23.2 Å². The fourth-order valence-corrected chi connectivity index (χ4v) is 4.42. The highest BCUT2D eigenvalue weighted by atomic mass is 32.2. The van der Waals surface area contributed by atoms with E-state index < -0.39 is 5.92 Å². The molecule has 2 N–H and O–H groups in total. The SMILES string of the molecule is COc1cccc([C@H]2CC(=O)Nc3nc(SCc4ccc(F)cc4)[nH]c(=O)c32)c1OC. The van der Waals surface area contributed by atoms with Gasteiger partial charge < -0.3 is 19.8 Å². The van der Waals surface area contributed by atoms with E-state index in [1.165, 1.54) is 38.1 Å². The number of amides is 1. The van der Waals surface area contributed by atoms with Gasteiger partial charge in [-0.25, -0.2) is 9.37 Å². The number of hydrogen-bond acceptors (Lipinski definition) is 6. The normalized spacial score (nSPS) is 15.2. The van der Waals surface area contributed by atoms with E-state index in [2.05, 4.69) is 15.3 Å². The van der Waals surface area contributed by atoms with Crippen molar-refractivity contribution in [3.8, 4) is 11.5 Å². The summed E-state index contributed by atoms with van der Waals surface area (Å²) in [5.74, 6) is 0.639. The van der Waals surface area contributed by atoms with Gasteiger partial charge in [0.15, 0.2) is 16.7 Å². The Bertz CT molecular complexity index is 1180. The lowest BCUT2D eigenvalue weighted by Crippen LogP contribution is -2.31. The van der Waals surface area contributed by atoms with Crippen LogP contribution in [0, 0.1) is 5.82 Å². The number of nitrogens with one attached hydrogen (secondary N) is 2. The number of rotatable bonds is 6. The van der Waals surface area contributed by atoms with Crippen molar-refractivity contribution in [1.82, 2.24) is 9.97 Å². The molecule has 0 fully saturated rings. The molecule has 0 saturated carbocycles. The Balaban J connectivity index is 1.69. The van der Waals surface area contributed by atoms with Crippen molar-refractivity contribution < 1.29 is 18.7 Å². The average Bonchev–Trinajstić information content (AvgIpc) is 2.77. The maximum Gasteiger partial charge on any atom is 0.257 e. The Morgan fingerprint density at radius 1 is 1.13 bits per heavy atom. The summed E-state index contributed by atoms with van der Waals surface area (Å²) < 4.78 is 24.0. The number of anilines is 1. The molecule has 1 amide bonds. The Kier molecular flexibility index (Phi) is 5.94. The molecule has 0 aliphatic carbocycles. The minimum Gasteiger partial charge on any atom is -0.493 e. The summed E-state index contributed by atoms with van der Waals surface area (Å²) in [4.78, 5) is 32.7. The first-order valence-electron chi connectivity index (χ1n) is 9.52. The maximum absolute atomic E-state index is 13.1. The quantitative estimate of drug-likeness (QED) is 0.448. The van der Waals surface area contributed by atoms with Crippen LogP contribution in [0.1, 0.15) is 29.0 Å². The number of para-hydroxylation sites is 1. The third-order valence-electron chi connectivity index (χ3n) is 5.03. The number of methoxy groups -OCH3 is 2. The molecule has 1 aromatic heterocycles. The summed E-state index contributed by atoms with van der Waals surface area (Å²) in [5.41, 5.74) is 1.60. The van der Waals surface area contributed by atoms with Crippen LogP contribution in [-0.4, -0.2) is 30.1 Å². The van der Waals surface area contributed by atoms with Crippen LogP contribution in [0.5, 0.6) is 11.5 Å². The number of carbonyl (C=O) groups is 1. The average molecular weight is 441 g/mol. The van der Waals surface area contributed by atoms with Crippen LogP contribution in [0.3, 0.4) is 0 Å². The number of fused-ring (bicyclic) bond motifs is 1. The lowest BCUT2D eigenvalue weighted by atomic mass is 9.86. The van der Waals surface area contributed by atoms with Crippen molar-refractivity contribution in [2.75, 3.05) is 19.5 Å². The molecule has 1 aliphatic heterocycles. The van der Waals surface area contributed by atoms with Gasteiger partial charge >= 0.3 is 0 Å². The topological polar surface area (TPSA) is 93.3 Å². The smallest absolute Gasteiger partial charge is 0.257 e. The van der Waals surface area contributed by atoms with E-state index in [0.717, 1.165) is 5.56 Å². The summed E-state index contributed by atoms with van der Waals surface area (Å²) in [6, 6.07) is 11.5. The Morgan fingerprint density at radius 3 is 2.61 bits per heavy atom. The number of aromatic nitrogens is 2. The predicted octanol–water partition coefficient (Wildman–Crippen LogP) is 3.69. The molecule has 3 aromatic rings. The minimum absolute atomic E-state index is 0.0867. The lowest BCUT2D eigenvalue weighted by molar-refractivity contribution is -0.116. The molecule has 4 rings (SSSR count). The molecule has 0 bridgehead atoms. The molecule has 0 spiro atoms. The number of aromatic amines is 1. The van der Waals surface area contributed by atoms with E-state index in [-0.39, 0.29) is 29.5 Å². The van der Waals surface area contributed by atoms with E-state index in [0.29, 0.717) is 33.5 Å². The van der Waals surface area contributed by atoms with E-state index in [4.69, 9.17) is 9.47 Å². The van der Waals surface area contributed by atoms with Crippen molar-refractivity contribution in [1.29, 1.82) is 0 Å². The molecule has 2 heterocycles. The summed E-state index contributed by atoms with van der Waals surface area (Å²) in [5, 5.41) is 3.07. The van der Waals surface area contributed by atoms with Crippen LogP contribution >= 0.6 is 11.8 Å². The predicted molar refractivity (Wildman–Crippen MR) is 115 cm³/mol. The Labute approximate surface area is 182 Å². The van der Waals surface area contributed by atoms with Crippen LogP contribution in [0.4, 0.5) is 10.2 Å². The first kappa shape index (κ1) is 20.9. The van der Waals surface area contributed by atoms with Crippen LogP contribution < -0.4 is 20.3 Å². The first-order chi connectivity index (χ1) is 15.0. The van der Waals surface area contributed by atoms with E-state index in [9.17, 15) is 14.0 Å². The maximum atomic E-state index is 13.1. The summed E-state index contributed by atoms with van der Waals surface area (Å²) in [6.45, 7) is 0. The number of halogens is 1. The van der Waals surface area contributed by atoms with Crippen LogP contribution in [-0.2, 0) is 10.5 Å². The number of H-pyrrole nitrogens is 1. The van der Waals surface area contributed by atoms with Crippen molar-refractivity contribution in [2.24, 2.45) is 0 Å². The van der Waals surface area contributed by atoms with E-state index in [1.807, 2.05) is 6.07 Å². The van der Waals surface area contributed by atoms with Gasteiger partial charge in [0, 0.05) is 23.7 Å². The highest BCUT2D eigenvalue weighted by Gasteiger charge is 2.33. The number of nitrogens with zero attached hydrogens (tertiary/aromatic N) is 1. The van der Waals surface area contributed by atoms with Gasteiger partial charge in [-0.15, -0.1) is 0 Å². The standard InChI is InChI=1S/C22H20FN3O4S/c1-29-16-5-3-4-14(19(16)30-2)15-10-17(27)24-20-18(15)21(28)26-22(25-20)31-11-12-6-8-13(23)9-7-12/h3-9,15H,10-11H2,1-2H3,(H2,24,25,26,27,28)/t15-/m1/s1. The molecular weight excluding hydrogens is 421 g/mol. The third-order valence-corrected chi connectivity index (χ3v) is 5.97. The van der Waals surface area contributed by atoms with Gasteiger partial charge in [-0.1, -0.05) is 36.0 Å². The van der Waals surface area contributed by atoms with Crippen LogP contribution in [0.15, 0.2) is 52.4 Å². The van der Waals surface area contributed by atoms with Gasteiger partial charge in [-0.3, -0.25) is 9.59 Å². The molecule has 160 valence electrons. The number of thioether (sulfide) groups is 1. The molecule has 7 nitrogen and oxygen atoms in total. The number of benzene rings is 2. The Morgan fingerprint density at radius 2 is 1.90 bits per heavy atom. The molecule has 9 heteroatoms.